The molecule has 1 aromatic carbocycles. The molecule has 3 rings (SSSR count). The Morgan fingerprint density at radius 2 is 1.92 bits per heavy atom. The van der Waals surface area contributed by atoms with Gasteiger partial charge < -0.3 is 9.47 Å². The summed E-state index contributed by atoms with van der Waals surface area (Å²) in [6, 6.07) is 9.71. The number of ether oxygens (including phenoxy) is 2. The van der Waals surface area contributed by atoms with E-state index in [4.69, 9.17) is 9.47 Å². The molecule has 0 saturated carbocycles. The molecule has 0 unspecified atom stereocenters. The molecule has 0 fully saturated rings. The highest BCUT2D eigenvalue weighted by Crippen LogP contribution is 2.41. The number of benzene rings is 1. The summed E-state index contributed by atoms with van der Waals surface area (Å²) in [5, 5.41) is 3.97. The number of carbonyl (C=O) groups excluding carboxylic acids is 2. The molecule has 0 aliphatic heterocycles. The van der Waals surface area contributed by atoms with Crippen LogP contribution < -0.4 is 4.74 Å². The lowest BCUT2D eigenvalue weighted by molar-refractivity contribution is -0.151. The monoisotopic (exact) mass is 370 g/mol. The number of esters is 1. The molecule has 2 atom stereocenters. The summed E-state index contributed by atoms with van der Waals surface area (Å²) >= 11 is 1.57. The Morgan fingerprint density at radius 3 is 2.54 bits per heavy atom. The van der Waals surface area contributed by atoms with Crippen molar-refractivity contribution in [3.63, 3.8) is 0 Å². The first-order valence-electron chi connectivity index (χ1n) is 8.80. The van der Waals surface area contributed by atoms with Crippen molar-refractivity contribution < 1.29 is 19.1 Å². The SMILES string of the molecule is CCOC(=O)[C@@H]1C(=O)C=C(c2ccc(OCC)cc2)C[C@@H]1c1ccsc1. The summed E-state index contributed by atoms with van der Waals surface area (Å²) in [6.07, 6.45) is 2.22. The lowest BCUT2D eigenvalue weighted by Crippen LogP contribution is -2.33. The van der Waals surface area contributed by atoms with Gasteiger partial charge in [0.1, 0.15) is 11.7 Å². The molecule has 2 aromatic rings. The minimum absolute atomic E-state index is 0.185. The van der Waals surface area contributed by atoms with Crippen molar-refractivity contribution in [2.45, 2.75) is 26.2 Å². The van der Waals surface area contributed by atoms with Gasteiger partial charge in [0.25, 0.3) is 0 Å². The first-order chi connectivity index (χ1) is 12.6. The average molecular weight is 370 g/mol. The van der Waals surface area contributed by atoms with Gasteiger partial charge in [-0.3, -0.25) is 9.59 Å². The highest BCUT2D eigenvalue weighted by molar-refractivity contribution is 7.08. The maximum atomic E-state index is 12.8. The molecule has 136 valence electrons. The van der Waals surface area contributed by atoms with Gasteiger partial charge in [0, 0.05) is 5.92 Å². The van der Waals surface area contributed by atoms with Gasteiger partial charge in [-0.15, -0.1) is 0 Å². The second-order valence-corrected chi connectivity index (χ2v) is 6.91. The van der Waals surface area contributed by atoms with Crippen LogP contribution in [0.1, 0.15) is 37.3 Å². The van der Waals surface area contributed by atoms with E-state index in [0.29, 0.717) is 13.0 Å². The van der Waals surface area contributed by atoms with Gasteiger partial charge >= 0.3 is 5.97 Å². The van der Waals surface area contributed by atoms with E-state index in [1.165, 1.54) is 0 Å². The summed E-state index contributed by atoms with van der Waals surface area (Å²) in [4.78, 5) is 25.2. The summed E-state index contributed by atoms with van der Waals surface area (Å²) < 4.78 is 10.6. The van der Waals surface area contributed by atoms with Crippen LogP contribution in [0.5, 0.6) is 5.75 Å². The van der Waals surface area contributed by atoms with Crippen LogP contribution in [0.4, 0.5) is 0 Å². The molecule has 0 amide bonds. The third-order valence-corrected chi connectivity index (χ3v) is 5.21. The minimum Gasteiger partial charge on any atom is -0.494 e. The van der Waals surface area contributed by atoms with Crippen molar-refractivity contribution in [2.75, 3.05) is 13.2 Å². The number of hydrogen-bond acceptors (Lipinski definition) is 5. The lowest BCUT2D eigenvalue weighted by atomic mass is 9.74. The fraction of sp³-hybridized carbons (Fsp3) is 0.333. The topological polar surface area (TPSA) is 52.6 Å². The number of ketones is 1. The molecule has 1 aromatic heterocycles. The third-order valence-electron chi connectivity index (χ3n) is 4.51. The average Bonchev–Trinajstić information content (AvgIpc) is 3.16. The number of rotatable bonds is 6. The van der Waals surface area contributed by atoms with Crippen LogP contribution >= 0.6 is 11.3 Å². The smallest absolute Gasteiger partial charge is 0.317 e. The fourth-order valence-corrected chi connectivity index (χ4v) is 4.04. The minimum atomic E-state index is -0.768. The van der Waals surface area contributed by atoms with Gasteiger partial charge in [-0.1, -0.05) is 12.1 Å². The first kappa shape index (κ1) is 18.4. The number of allylic oxidation sites excluding steroid dienone is 2. The molecule has 0 radical (unpaired) electrons. The summed E-state index contributed by atoms with van der Waals surface area (Å²) in [6.45, 7) is 4.58. The van der Waals surface area contributed by atoms with E-state index in [0.717, 1.165) is 22.4 Å². The van der Waals surface area contributed by atoms with Gasteiger partial charge in [0.2, 0.25) is 0 Å². The predicted octanol–water partition coefficient (Wildman–Crippen LogP) is 4.47. The Bertz CT molecular complexity index is 790. The zero-order valence-electron chi connectivity index (χ0n) is 14.9. The third kappa shape index (κ3) is 3.88. The summed E-state index contributed by atoms with van der Waals surface area (Å²) in [7, 11) is 0. The normalized spacial score (nSPS) is 19.8. The van der Waals surface area contributed by atoms with E-state index >= 15 is 0 Å². The molecule has 4 nitrogen and oxygen atoms in total. The van der Waals surface area contributed by atoms with Crippen molar-refractivity contribution in [2.24, 2.45) is 5.92 Å². The maximum absolute atomic E-state index is 12.8. The molecule has 0 saturated heterocycles. The zero-order chi connectivity index (χ0) is 18.5. The Morgan fingerprint density at radius 1 is 1.15 bits per heavy atom. The van der Waals surface area contributed by atoms with Crippen LogP contribution in [0.3, 0.4) is 0 Å². The van der Waals surface area contributed by atoms with Gasteiger partial charge in [0.15, 0.2) is 5.78 Å². The molecule has 5 heteroatoms. The molecule has 0 bridgehead atoms. The van der Waals surface area contributed by atoms with E-state index in [1.54, 1.807) is 24.3 Å². The van der Waals surface area contributed by atoms with Crippen molar-refractivity contribution in [3.8, 4) is 5.75 Å². The van der Waals surface area contributed by atoms with Gasteiger partial charge in [-0.25, -0.2) is 0 Å². The van der Waals surface area contributed by atoms with Gasteiger partial charge in [-0.2, -0.15) is 11.3 Å². The van der Waals surface area contributed by atoms with Gasteiger partial charge in [-0.05, 0) is 72.0 Å². The van der Waals surface area contributed by atoms with Gasteiger partial charge in [0.05, 0.1) is 13.2 Å². The molecule has 1 heterocycles. The Hall–Kier alpha value is -2.40. The zero-order valence-corrected chi connectivity index (χ0v) is 15.8. The van der Waals surface area contributed by atoms with Crippen molar-refractivity contribution in [1.82, 2.24) is 0 Å². The Balaban J connectivity index is 1.92. The molecular formula is C21H22O4S. The van der Waals surface area contributed by atoms with E-state index < -0.39 is 11.9 Å². The van der Waals surface area contributed by atoms with Crippen LogP contribution in [0.15, 0.2) is 47.2 Å². The van der Waals surface area contributed by atoms with E-state index in [-0.39, 0.29) is 18.3 Å². The summed E-state index contributed by atoms with van der Waals surface area (Å²) in [5.41, 5.74) is 2.93. The second kappa shape index (κ2) is 8.32. The maximum Gasteiger partial charge on any atom is 0.317 e. The van der Waals surface area contributed by atoms with Crippen LogP contribution in [-0.4, -0.2) is 25.0 Å². The highest BCUT2D eigenvalue weighted by Gasteiger charge is 2.39. The largest absolute Gasteiger partial charge is 0.494 e. The van der Waals surface area contributed by atoms with Crippen molar-refractivity contribution in [3.05, 3.63) is 58.3 Å². The molecule has 26 heavy (non-hydrogen) atoms. The van der Waals surface area contributed by atoms with Crippen LogP contribution in [0, 0.1) is 5.92 Å². The standard InChI is InChI=1S/C21H22O4S/c1-3-24-17-7-5-14(6-8-17)16-11-18(15-9-10-26-13-15)20(19(22)12-16)21(23)25-4-2/h5-10,12-13,18,20H,3-4,11H2,1-2H3/t18-,20+/m1/s1. The number of thiophene rings is 1. The first-order valence-corrected chi connectivity index (χ1v) is 9.74. The molecule has 0 spiro atoms. The molecular weight excluding hydrogens is 348 g/mol. The van der Waals surface area contributed by atoms with Crippen LogP contribution in [-0.2, 0) is 14.3 Å². The summed E-state index contributed by atoms with van der Waals surface area (Å²) in [5.74, 6) is -0.779. The predicted molar refractivity (Wildman–Crippen MR) is 102 cm³/mol. The van der Waals surface area contributed by atoms with E-state index in [1.807, 2.05) is 48.0 Å². The van der Waals surface area contributed by atoms with Crippen molar-refractivity contribution in [1.29, 1.82) is 0 Å². The second-order valence-electron chi connectivity index (χ2n) is 6.13. The van der Waals surface area contributed by atoms with Crippen LogP contribution in [0.2, 0.25) is 0 Å². The number of carbonyl (C=O) groups is 2. The van der Waals surface area contributed by atoms with E-state index in [9.17, 15) is 9.59 Å². The quantitative estimate of drug-likeness (QED) is 0.556. The lowest BCUT2D eigenvalue weighted by Gasteiger charge is -2.28. The van der Waals surface area contributed by atoms with E-state index in [2.05, 4.69) is 0 Å². The molecule has 1 aliphatic carbocycles. The molecule has 1 aliphatic rings. The highest BCUT2D eigenvalue weighted by atomic mass is 32.1. The molecule has 0 N–H and O–H groups in total. The van der Waals surface area contributed by atoms with Crippen LogP contribution in [0.25, 0.3) is 5.57 Å². The van der Waals surface area contributed by atoms with Crippen molar-refractivity contribution >= 4 is 28.7 Å². The number of hydrogen-bond donors (Lipinski definition) is 0. The Kier molecular flexibility index (Phi) is 5.89. The Labute approximate surface area is 157 Å². The fourth-order valence-electron chi connectivity index (χ4n) is 3.32.